The Balaban J connectivity index is 1.52. The number of unbranched alkanes of at least 4 members (excludes halogenated alkanes) is 1. The molecule has 150 valence electrons. The normalized spacial score (nSPS) is 13.8. The maximum atomic E-state index is 12.5. The molecule has 1 fully saturated rings. The van der Waals surface area contributed by atoms with E-state index in [4.69, 9.17) is 4.74 Å². The number of H-pyrrole nitrogens is 1. The predicted octanol–water partition coefficient (Wildman–Crippen LogP) is 3.00. The van der Waals surface area contributed by atoms with Crippen LogP contribution in [0.4, 0.5) is 0 Å². The van der Waals surface area contributed by atoms with E-state index in [1.807, 2.05) is 29.2 Å². The summed E-state index contributed by atoms with van der Waals surface area (Å²) in [6.45, 7) is 4.88. The van der Waals surface area contributed by atoms with Gasteiger partial charge in [0.05, 0.1) is 24.1 Å². The quantitative estimate of drug-likeness (QED) is 0.617. The van der Waals surface area contributed by atoms with Gasteiger partial charge in [0.1, 0.15) is 5.75 Å². The average Bonchev–Trinajstić information content (AvgIpc) is 3.35. The second-order valence-corrected chi connectivity index (χ2v) is 6.98. The Morgan fingerprint density at radius 2 is 2.11 bits per heavy atom. The van der Waals surface area contributed by atoms with Crippen LogP contribution in [0.1, 0.15) is 49.4 Å². The Kier molecular flexibility index (Phi) is 7.06. The Bertz CT molecular complexity index is 785. The number of carbonyl (C=O) groups excluding carboxylic acids is 2. The molecule has 0 saturated carbocycles. The van der Waals surface area contributed by atoms with Crippen LogP contribution in [0.2, 0.25) is 0 Å². The molecule has 1 aliphatic rings. The van der Waals surface area contributed by atoms with E-state index in [0.29, 0.717) is 37.4 Å². The zero-order valence-corrected chi connectivity index (χ0v) is 16.4. The first-order chi connectivity index (χ1) is 13.7. The van der Waals surface area contributed by atoms with Crippen LogP contribution < -0.4 is 10.1 Å². The zero-order chi connectivity index (χ0) is 19.8. The third kappa shape index (κ3) is 5.12. The van der Waals surface area contributed by atoms with E-state index in [1.165, 1.54) is 0 Å². The maximum absolute atomic E-state index is 12.5. The van der Waals surface area contributed by atoms with E-state index in [1.54, 1.807) is 6.20 Å². The number of likely N-dealkylation sites (tertiary alicyclic amines) is 1. The third-order valence-electron chi connectivity index (χ3n) is 4.86. The van der Waals surface area contributed by atoms with Crippen molar-refractivity contribution in [2.45, 2.75) is 39.0 Å². The number of carbonyl (C=O) groups is 2. The van der Waals surface area contributed by atoms with Gasteiger partial charge in [0.25, 0.3) is 5.91 Å². The molecule has 7 heteroatoms. The summed E-state index contributed by atoms with van der Waals surface area (Å²) in [6.07, 6.45) is 5.99. The summed E-state index contributed by atoms with van der Waals surface area (Å²) < 4.78 is 5.68. The molecule has 2 heterocycles. The van der Waals surface area contributed by atoms with Gasteiger partial charge >= 0.3 is 0 Å². The van der Waals surface area contributed by atoms with Gasteiger partial charge in [-0.2, -0.15) is 5.10 Å². The molecule has 7 nitrogen and oxygen atoms in total. The topological polar surface area (TPSA) is 87.3 Å². The predicted molar refractivity (Wildman–Crippen MR) is 107 cm³/mol. The van der Waals surface area contributed by atoms with Crippen LogP contribution in [-0.2, 0) is 4.79 Å². The molecule has 1 saturated heterocycles. The van der Waals surface area contributed by atoms with Gasteiger partial charge in [-0.3, -0.25) is 14.7 Å². The highest BCUT2D eigenvalue weighted by Gasteiger charge is 2.19. The van der Waals surface area contributed by atoms with E-state index in [0.717, 1.165) is 43.5 Å². The summed E-state index contributed by atoms with van der Waals surface area (Å²) in [7, 11) is 0. The number of ether oxygens (including phenoxy) is 1. The fraction of sp³-hybridized carbons (Fsp3) is 0.476. The van der Waals surface area contributed by atoms with Crippen LogP contribution in [0.15, 0.2) is 30.5 Å². The lowest BCUT2D eigenvalue weighted by Crippen LogP contribution is -2.30. The molecule has 2 aromatic rings. The monoisotopic (exact) mass is 384 g/mol. The molecule has 28 heavy (non-hydrogen) atoms. The van der Waals surface area contributed by atoms with Gasteiger partial charge in [-0.25, -0.2) is 0 Å². The lowest BCUT2D eigenvalue weighted by atomic mass is 10.1. The highest BCUT2D eigenvalue weighted by Crippen LogP contribution is 2.24. The Morgan fingerprint density at radius 1 is 1.29 bits per heavy atom. The first kappa shape index (κ1) is 19.9. The van der Waals surface area contributed by atoms with Gasteiger partial charge in [-0.15, -0.1) is 0 Å². The van der Waals surface area contributed by atoms with Crippen LogP contribution in [-0.4, -0.2) is 53.2 Å². The second kappa shape index (κ2) is 9.92. The van der Waals surface area contributed by atoms with Crippen molar-refractivity contribution in [2.75, 3.05) is 26.2 Å². The van der Waals surface area contributed by atoms with Crippen molar-refractivity contribution >= 4 is 11.8 Å². The minimum Gasteiger partial charge on any atom is -0.494 e. The standard InChI is InChI=1S/C21H28N4O3/c1-2-3-14-28-17-9-7-16(8-10-17)20-18(15-23-24-20)21(27)22-11-5-13-25-12-4-6-19(25)26/h7-10,15H,2-6,11-14H2,1H3,(H,22,27)(H,23,24). The van der Waals surface area contributed by atoms with E-state index < -0.39 is 0 Å². The molecule has 0 unspecified atom stereocenters. The summed E-state index contributed by atoms with van der Waals surface area (Å²) >= 11 is 0. The van der Waals surface area contributed by atoms with Crippen LogP contribution >= 0.6 is 0 Å². The van der Waals surface area contributed by atoms with Gasteiger partial charge in [0, 0.05) is 31.6 Å². The molecule has 0 spiro atoms. The molecule has 2 N–H and O–H groups in total. The van der Waals surface area contributed by atoms with Gasteiger partial charge < -0.3 is 15.0 Å². The number of rotatable bonds is 10. The molecule has 0 bridgehead atoms. The molecular formula is C21H28N4O3. The molecule has 3 rings (SSSR count). The number of aromatic nitrogens is 2. The molecule has 1 aromatic carbocycles. The lowest BCUT2D eigenvalue weighted by molar-refractivity contribution is -0.127. The molecule has 2 amide bonds. The molecule has 0 aliphatic carbocycles. The van der Waals surface area contributed by atoms with Crippen LogP contribution in [0.3, 0.4) is 0 Å². The van der Waals surface area contributed by atoms with E-state index in [9.17, 15) is 9.59 Å². The van der Waals surface area contributed by atoms with Gasteiger partial charge in [0.15, 0.2) is 0 Å². The zero-order valence-electron chi connectivity index (χ0n) is 16.4. The van der Waals surface area contributed by atoms with Crippen molar-refractivity contribution in [3.8, 4) is 17.0 Å². The molecule has 1 aromatic heterocycles. The number of benzene rings is 1. The Labute approximate surface area is 165 Å². The van der Waals surface area contributed by atoms with Crippen LogP contribution in [0.25, 0.3) is 11.3 Å². The number of hydrogen-bond acceptors (Lipinski definition) is 4. The van der Waals surface area contributed by atoms with Crippen molar-refractivity contribution in [3.05, 3.63) is 36.0 Å². The smallest absolute Gasteiger partial charge is 0.255 e. The van der Waals surface area contributed by atoms with E-state index in [-0.39, 0.29) is 11.8 Å². The van der Waals surface area contributed by atoms with Gasteiger partial charge in [-0.1, -0.05) is 13.3 Å². The average molecular weight is 384 g/mol. The third-order valence-corrected chi connectivity index (χ3v) is 4.86. The summed E-state index contributed by atoms with van der Waals surface area (Å²) in [6, 6.07) is 7.65. The maximum Gasteiger partial charge on any atom is 0.255 e. The molecule has 1 aliphatic heterocycles. The summed E-state index contributed by atoms with van der Waals surface area (Å²) in [5, 5.41) is 9.86. The lowest BCUT2D eigenvalue weighted by Gasteiger charge is -2.15. The summed E-state index contributed by atoms with van der Waals surface area (Å²) in [5.41, 5.74) is 2.08. The van der Waals surface area contributed by atoms with Crippen molar-refractivity contribution < 1.29 is 14.3 Å². The van der Waals surface area contributed by atoms with E-state index in [2.05, 4.69) is 22.4 Å². The Hall–Kier alpha value is -2.83. The first-order valence-electron chi connectivity index (χ1n) is 10.0. The highest BCUT2D eigenvalue weighted by atomic mass is 16.5. The number of nitrogens with one attached hydrogen (secondary N) is 2. The largest absolute Gasteiger partial charge is 0.494 e. The minimum absolute atomic E-state index is 0.167. The van der Waals surface area contributed by atoms with Gasteiger partial charge in [0.2, 0.25) is 5.91 Å². The number of hydrogen-bond donors (Lipinski definition) is 2. The van der Waals surface area contributed by atoms with Gasteiger partial charge in [-0.05, 0) is 43.5 Å². The van der Waals surface area contributed by atoms with Crippen molar-refractivity contribution in [1.82, 2.24) is 20.4 Å². The van der Waals surface area contributed by atoms with Crippen molar-refractivity contribution in [3.63, 3.8) is 0 Å². The SMILES string of the molecule is CCCCOc1ccc(-c2[nH]ncc2C(=O)NCCCN2CCCC2=O)cc1. The highest BCUT2D eigenvalue weighted by molar-refractivity contribution is 5.99. The number of aromatic amines is 1. The number of amides is 2. The summed E-state index contributed by atoms with van der Waals surface area (Å²) in [4.78, 5) is 26.0. The fourth-order valence-electron chi connectivity index (χ4n) is 3.24. The van der Waals surface area contributed by atoms with Crippen LogP contribution in [0.5, 0.6) is 5.75 Å². The second-order valence-electron chi connectivity index (χ2n) is 6.98. The first-order valence-corrected chi connectivity index (χ1v) is 10.0. The fourth-order valence-corrected chi connectivity index (χ4v) is 3.24. The molecular weight excluding hydrogens is 356 g/mol. The summed E-state index contributed by atoms with van der Waals surface area (Å²) in [5.74, 6) is 0.865. The van der Waals surface area contributed by atoms with Crippen molar-refractivity contribution in [2.24, 2.45) is 0 Å². The van der Waals surface area contributed by atoms with Crippen molar-refractivity contribution in [1.29, 1.82) is 0 Å². The number of nitrogens with zero attached hydrogens (tertiary/aromatic N) is 2. The minimum atomic E-state index is -0.167. The Morgan fingerprint density at radius 3 is 2.82 bits per heavy atom. The molecule has 0 radical (unpaired) electrons. The van der Waals surface area contributed by atoms with Crippen LogP contribution in [0, 0.1) is 0 Å². The van der Waals surface area contributed by atoms with E-state index >= 15 is 0 Å². The molecule has 0 atom stereocenters.